The van der Waals surface area contributed by atoms with Gasteiger partial charge in [-0.15, -0.1) is 0 Å². The molecular formula is C28H49N2O5P. The Labute approximate surface area is 218 Å². The lowest BCUT2D eigenvalue weighted by molar-refractivity contribution is -0.122. The van der Waals surface area contributed by atoms with Crippen LogP contribution in [0.25, 0.3) is 0 Å². The average molecular weight is 525 g/mol. The number of phosphoric ester groups is 1. The molecule has 0 saturated heterocycles. The van der Waals surface area contributed by atoms with Crippen molar-refractivity contribution in [3.05, 3.63) is 48.0 Å². The van der Waals surface area contributed by atoms with Crippen LogP contribution in [-0.2, 0) is 20.4 Å². The van der Waals surface area contributed by atoms with E-state index in [1.807, 2.05) is 30.3 Å². The van der Waals surface area contributed by atoms with E-state index in [4.69, 9.17) is 9.79 Å². The van der Waals surface area contributed by atoms with Crippen LogP contribution in [0.1, 0.15) is 102 Å². The number of phosphoric acid groups is 1. The molecule has 206 valence electrons. The lowest BCUT2D eigenvalue weighted by Gasteiger charge is -2.20. The molecule has 0 aliphatic carbocycles. The molecule has 1 rings (SSSR count). The Morgan fingerprint density at radius 2 is 1.50 bits per heavy atom. The zero-order valence-electron chi connectivity index (χ0n) is 22.2. The summed E-state index contributed by atoms with van der Waals surface area (Å²) in [6.07, 6.45) is 20.7. The normalized spacial score (nSPS) is 12.8. The highest BCUT2D eigenvalue weighted by Crippen LogP contribution is 2.35. The van der Waals surface area contributed by atoms with Crippen molar-refractivity contribution in [1.82, 2.24) is 10.6 Å². The van der Waals surface area contributed by atoms with Gasteiger partial charge in [-0.3, -0.25) is 9.32 Å². The standard InChI is InChI=1S/C28H49N2O5P/c1-2-3-4-5-6-7-8-9-10-11-12-13-14-15-19-22-28(31)30-27(25-35-36(32,33)34)24-29-23-26-20-17-16-18-21-26/h9-10,16-18,20-21,27,29H,2-8,11-15,19,22-25H2,1H3,(H,30,31)(H2,32,33,34)/t27-/m0/s1. The van der Waals surface area contributed by atoms with E-state index in [1.54, 1.807) is 0 Å². The van der Waals surface area contributed by atoms with Crippen molar-refractivity contribution in [1.29, 1.82) is 0 Å². The maximum atomic E-state index is 12.3. The van der Waals surface area contributed by atoms with Crippen LogP contribution >= 0.6 is 7.82 Å². The zero-order chi connectivity index (χ0) is 26.3. The van der Waals surface area contributed by atoms with Crippen LogP contribution in [0.4, 0.5) is 0 Å². The lowest BCUT2D eigenvalue weighted by atomic mass is 10.1. The smallest absolute Gasteiger partial charge is 0.350 e. The number of hydrogen-bond acceptors (Lipinski definition) is 4. The van der Waals surface area contributed by atoms with Gasteiger partial charge >= 0.3 is 7.82 Å². The van der Waals surface area contributed by atoms with E-state index in [-0.39, 0.29) is 12.5 Å². The fraction of sp³-hybridized carbons (Fsp3) is 0.679. The van der Waals surface area contributed by atoms with Crippen LogP contribution in [0.2, 0.25) is 0 Å². The highest BCUT2D eigenvalue weighted by atomic mass is 31.2. The summed E-state index contributed by atoms with van der Waals surface area (Å²) in [7, 11) is -4.59. The summed E-state index contributed by atoms with van der Waals surface area (Å²) in [6, 6.07) is 9.29. The third-order valence-corrected chi connectivity index (χ3v) is 6.52. The minimum atomic E-state index is -4.59. The van der Waals surface area contributed by atoms with E-state index >= 15 is 0 Å². The molecule has 0 aromatic heterocycles. The summed E-state index contributed by atoms with van der Waals surface area (Å²) in [5.41, 5.74) is 1.09. The van der Waals surface area contributed by atoms with Gasteiger partial charge in [0.2, 0.25) is 5.91 Å². The van der Waals surface area contributed by atoms with Gasteiger partial charge in [-0.05, 0) is 37.7 Å². The Kier molecular flexibility index (Phi) is 19.5. The van der Waals surface area contributed by atoms with Crippen LogP contribution in [0.15, 0.2) is 42.5 Å². The minimum absolute atomic E-state index is 0.117. The Morgan fingerprint density at radius 1 is 0.917 bits per heavy atom. The number of unbranched alkanes of at least 4 members (excludes halogenated alkanes) is 11. The van der Waals surface area contributed by atoms with Crippen molar-refractivity contribution in [2.75, 3.05) is 13.2 Å². The SMILES string of the molecule is CCCCCCCCC=CCCCCCCCC(=O)N[C@@H](CNCc1ccccc1)COP(=O)(O)O. The molecule has 4 N–H and O–H groups in total. The highest BCUT2D eigenvalue weighted by Gasteiger charge is 2.19. The summed E-state index contributed by atoms with van der Waals surface area (Å²) in [6.45, 7) is 2.95. The van der Waals surface area contributed by atoms with Crippen LogP contribution < -0.4 is 10.6 Å². The molecule has 0 aliphatic rings. The molecule has 1 atom stereocenters. The first-order valence-electron chi connectivity index (χ1n) is 13.8. The first-order chi connectivity index (χ1) is 17.4. The maximum absolute atomic E-state index is 12.3. The summed E-state index contributed by atoms with van der Waals surface area (Å²) in [4.78, 5) is 30.4. The van der Waals surface area contributed by atoms with E-state index in [2.05, 4.69) is 34.2 Å². The van der Waals surface area contributed by atoms with Gasteiger partial charge in [-0.1, -0.05) is 101 Å². The first kappa shape index (κ1) is 32.5. The Hall–Kier alpha value is -1.50. The Bertz CT molecular complexity index is 739. The van der Waals surface area contributed by atoms with E-state index < -0.39 is 13.9 Å². The van der Waals surface area contributed by atoms with Gasteiger partial charge in [0.05, 0.1) is 12.6 Å². The van der Waals surface area contributed by atoms with Crippen molar-refractivity contribution >= 4 is 13.7 Å². The second kappa shape index (κ2) is 21.6. The van der Waals surface area contributed by atoms with Crippen molar-refractivity contribution in [3.63, 3.8) is 0 Å². The van der Waals surface area contributed by atoms with Gasteiger partial charge in [-0.2, -0.15) is 0 Å². The molecule has 0 radical (unpaired) electrons. The number of rotatable bonds is 23. The number of amides is 1. The predicted molar refractivity (Wildman–Crippen MR) is 148 cm³/mol. The maximum Gasteiger partial charge on any atom is 0.469 e. The third kappa shape index (κ3) is 20.7. The molecule has 1 aromatic carbocycles. The largest absolute Gasteiger partial charge is 0.469 e. The number of benzene rings is 1. The van der Waals surface area contributed by atoms with E-state index in [0.29, 0.717) is 19.5 Å². The van der Waals surface area contributed by atoms with E-state index in [9.17, 15) is 9.36 Å². The highest BCUT2D eigenvalue weighted by molar-refractivity contribution is 7.46. The molecule has 0 fully saturated rings. The number of carbonyl (C=O) groups is 1. The minimum Gasteiger partial charge on any atom is -0.350 e. The van der Waals surface area contributed by atoms with Crippen LogP contribution in [0.3, 0.4) is 0 Å². The van der Waals surface area contributed by atoms with Gasteiger partial charge < -0.3 is 20.4 Å². The number of nitrogens with one attached hydrogen (secondary N) is 2. The molecule has 1 aromatic rings. The average Bonchev–Trinajstić information content (AvgIpc) is 2.85. The second-order valence-corrected chi connectivity index (χ2v) is 10.7. The molecule has 0 spiro atoms. The summed E-state index contributed by atoms with van der Waals surface area (Å²) < 4.78 is 15.7. The molecule has 8 heteroatoms. The van der Waals surface area contributed by atoms with Crippen LogP contribution in [-0.4, -0.2) is 34.9 Å². The number of allylic oxidation sites excluding steroid dienone is 2. The van der Waals surface area contributed by atoms with E-state index in [0.717, 1.165) is 31.2 Å². The van der Waals surface area contributed by atoms with Crippen molar-refractivity contribution in [3.8, 4) is 0 Å². The van der Waals surface area contributed by atoms with Gasteiger partial charge in [0.1, 0.15) is 0 Å². The van der Waals surface area contributed by atoms with Crippen LogP contribution in [0.5, 0.6) is 0 Å². The van der Waals surface area contributed by atoms with Crippen molar-refractivity contribution in [2.45, 2.75) is 109 Å². The van der Waals surface area contributed by atoms with Crippen molar-refractivity contribution in [2.24, 2.45) is 0 Å². The molecule has 0 heterocycles. The molecule has 0 saturated carbocycles. The second-order valence-electron chi connectivity index (χ2n) is 9.50. The van der Waals surface area contributed by atoms with Gasteiger partial charge in [0, 0.05) is 19.5 Å². The quantitative estimate of drug-likeness (QED) is 0.0749. The summed E-state index contributed by atoms with van der Waals surface area (Å²) in [5.74, 6) is -0.117. The predicted octanol–water partition coefficient (Wildman–Crippen LogP) is 6.41. The first-order valence-corrected chi connectivity index (χ1v) is 15.3. The summed E-state index contributed by atoms with van der Waals surface area (Å²) >= 11 is 0. The number of carbonyl (C=O) groups excluding carboxylic acids is 1. The van der Waals surface area contributed by atoms with Crippen LogP contribution in [0, 0.1) is 0 Å². The zero-order valence-corrected chi connectivity index (χ0v) is 23.1. The number of hydrogen-bond donors (Lipinski definition) is 4. The van der Waals surface area contributed by atoms with Gasteiger partial charge in [0.25, 0.3) is 0 Å². The summed E-state index contributed by atoms with van der Waals surface area (Å²) in [5, 5.41) is 6.06. The Morgan fingerprint density at radius 3 is 2.11 bits per heavy atom. The van der Waals surface area contributed by atoms with E-state index in [1.165, 1.54) is 57.8 Å². The molecule has 36 heavy (non-hydrogen) atoms. The topological polar surface area (TPSA) is 108 Å². The lowest BCUT2D eigenvalue weighted by Crippen LogP contribution is -2.44. The molecule has 0 unspecified atom stereocenters. The molecule has 0 aliphatic heterocycles. The van der Waals surface area contributed by atoms with Gasteiger partial charge in [0.15, 0.2) is 0 Å². The van der Waals surface area contributed by atoms with Crippen molar-refractivity contribution < 1.29 is 23.7 Å². The molecule has 1 amide bonds. The molecule has 7 nitrogen and oxygen atoms in total. The fourth-order valence-electron chi connectivity index (χ4n) is 3.98. The monoisotopic (exact) mass is 524 g/mol. The Balaban J connectivity index is 2.11. The van der Waals surface area contributed by atoms with Gasteiger partial charge in [-0.25, -0.2) is 4.57 Å². The third-order valence-electron chi connectivity index (χ3n) is 6.04. The molecular weight excluding hydrogens is 475 g/mol. The molecule has 0 bridgehead atoms. The fourth-order valence-corrected chi connectivity index (χ4v) is 4.36.